The number of hydrogen-bond donors (Lipinski definition) is 0. The number of carbonyl (C=O) groups excluding carboxylic acids is 1. The van der Waals surface area contributed by atoms with Crippen molar-refractivity contribution in [3.05, 3.63) is 59.9 Å². The molecule has 7 heteroatoms. The molecule has 152 valence electrons. The Labute approximate surface area is 188 Å². The Hall–Kier alpha value is -2.16. The number of hydrazone groups is 1. The van der Waals surface area contributed by atoms with Crippen LogP contribution < -0.4 is 33.3 Å². The number of hydrogen-bond acceptors (Lipinski definition) is 4. The molecule has 5 rings (SSSR count). The SMILES string of the molecule is CC(=O)N1CCC2(CC1)Oc1ccccc1C1CC(c3cc[n+](C)cc3)=NN12.[I-]. The summed E-state index contributed by atoms with van der Waals surface area (Å²) in [6, 6.07) is 12.7. The maximum atomic E-state index is 11.8. The van der Waals surface area contributed by atoms with E-state index in [1.165, 1.54) is 5.56 Å². The van der Waals surface area contributed by atoms with Crippen LogP contribution in [0, 0.1) is 0 Å². The highest BCUT2D eigenvalue weighted by atomic mass is 127. The maximum absolute atomic E-state index is 11.8. The number of fused-ring (bicyclic) bond motifs is 4. The molecule has 1 atom stereocenters. The van der Waals surface area contributed by atoms with E-state index in [4.69, 9.17) is 9.84 Å². The molecular weight excluding hydrogens is 479 g/mol. The van der Waals surface area contributed by atoms with Gasteiger partial charge in [-0.2, -0.15) is 5.10 Å². The van der Waals surface area contributed by atoms with Crippen molar-refractivity contribution < 1.29 is 38.1 Å². The highest BCUT2D eigenvalue weighted by Gasteiger charge is 2.52. The van der Waals surface area contributed by atoms with Crippen LogP contribution in [-0.4, -0.2) is 40.3 Å². The highest BCUT2D eigenvalue weighted by molar-refractivity contribution is 6.01. The van der Waals surface area contributed by atoms with Crippen LogP contribution in [0.4, 0.5) is 0 Å². The summed E-state index contributed by atoms with van der Waals surface area (Å²) >= 11 is 0. The Morgan fingerprint density at radius 3 is 2.55 bits per heavy atom. The first-order valence-electron chi connectivity index (χ1n) is 9.92. The van der Waals surface area contributed by atoms with Crippen molar-refractivity contribution in [2.24, 2.45) is 12.1 Å². The Morgan fingerprint density at radius 1 is 1.17 bits per heavy atom. The van der Waals surface area contributed by atoms with Gasteiger partial charge in [0.05, 0.1) is 11.8 Å². The van der Waals surface area contributed by atoms with E-state index in [0.29, 0.717) is 13.1 Å². The molecule has 2 aromatic rings. The van der Waals surface area contributed by atoms with E-state index in [9.17, 15) is 4.79 Å². The van der Waals surface area contributed by atoms with Crippen molar-refractivity contribution in [2.45, 2.75) is 38.0 Å². The summed E-state index contributed by atoms with van der Waals surface area (Å²) in [5.74, 6) is 1.08. The Morgan fingerprint density at radius 2 is 1.86 bits per heavy atom. The molecule has 29 heavy (non-hydrogen) atoms. The van der Waals surface area contributed by atoms with Gasteiger partial charge < -0.3 is 33.6 Å². The van der Waals surface area contributed by atoms with Crippen LogP contribution in [0.3, 0.4) is 0 Å². The van der Waals surface area contributed by atoms with Crippen LogP contribution in [-0.2, 0) is 11.8 Å². The van der Waals surface area contributed by atoms with Gasteiger partial charge in [-0.3, -0.25) is 4.79 Å². The number of carbonyl (C=O) groups is 1. The molecule has 1 aromatic carbocycles. The summed E-state index contributed by atoms with van der Waals surface area (Å²) in [6.07, 6.45) is 6.50. The Kier molecular flexibility index (Phi) is 5.27. The number of piperidine rings is 1. The number of aromatic nitrogens is 1. The fourth-order valence-electron chi connectivity index (χ4n) is 4.60. The molecule has 1 aromatic heterocycles. The average molecular weight is 504 g/mol. The minimum atomic E-state index is -0.480. The van der Waals surface area contributed by atoms with E-state index in [1.54, 1.807) is 6.92 Å². The molecule has 1 amide bonds. The van der Waals surface area contributed by atoms with E-state index < -0.39 is 5.72 Å². The average Bonchev–Trinajstić information content (AvgIpc) is 3.16. The van der Waals surface area contributed by atoms with E-state index in [0.717, 1.165) is 36.3 Å². The molecule has 1 saturated heterocycles. The third kappa shape index (κ3) is 3.39. The smallest absolute Gasteiger partial charge is 0.219 e. The number of halogens is 1. The molecular formula is C22H25IN4O2. The summed E-state index contributed by atoms with van der Waals surface area (Å²) in [7, 11) is 2.02. The number of para-hydroxylation sites is 1. The maximum Gasteiger partial charge on any atom is 0.219 e. The Bertz CT molecular complexity index is 952. The summed E-state index contributed by atoms with van der Waals surface area (Å²) in [5, 5.41) is 7.26. The molecule has 1 spiro atoms. The fraction of sp³-hybridized carbons (Fsp3) is 0.409. The molecule has 1 unspecified atom stereocenters. The van der Waals surface area contributed by atoms with Crippen LogP contribution >= 0.6 is 0 Å². The molecule has 0 aliphatic carbocycles. The molecule has 0 radical (unpaired) electrons. The van der Waals surface area contributed by atoms with Crippen LogP contribution in [0.5, 0.6) is 5.75 Å². The van der Waals surface area contributed by atoms with Crippen molar-refractivity contribution in [1.82, 2.24) is 9.91 Å². The lowest BCUT2D eigenvalue weighted by Crippen LogP contribution is -3.00. The summed E-state index contributed by atoms with van der Waals surface area (Å²) in [6.45, 7) is 3.04. The number of ether oxygens (including phenoxy) is 1. The second-order valence-electron chi connectivity index (χ2n) is 7.96. The number of benzene rings is 1. The minimum absolute atomic E-state index is 0. The molecule has 4 heterocycles. The highest BCUT2D eigenvalue weighted by Crippen LogP contribution is 2.49. The second-order valence-corrected chi connectivity index (χ2v) is 7.96. The molecule has 1 fully saturated rings. The largest absolute Gasteiger partial charge is 1.00 e. The zero-order valence-electron chi connectivity index (χ0n) is 16.7. The monoisotopic (exact) mass is 504 g/mol. The lowest BCUT2D eigenvalue weighted by molar-refractivity contribution is -0.671. The number of rotatable bonds is 1. The number of amides is 1. The van der Waals surface area contributed by atoms with Gasteiger partial charge in [0.15, 0.2) is 12.4 Å². The van der Waals surface area contributed by atoms with Gasteiger partial charge in [-0.25, -0.2) is 9.58 Å². The molecule has 0 saturated carbocycles. The van der Waals surface area contributed by atoms with Crippen molar-refractivity contribution in [3.8, 4) is 5.75 Å². The first-order valence-corrected chi connectivity index (χ1v) is 9.92. The number of aryl methyl sites for hydroxylation is 1. The second kappa shape index (κ2) is 7.59. The number of pyridine rings is 1. The lowest BCUT2D eigenvalue weighted by atomic mass is 9.91. The topological polar surface area (TPSA) is 49.0 Å². The van der Waals surface area contributed by atoms with Crippen LogP contribution in [0.15, 0.2) is 53.9 Å². The van der Waals surface area contributed by atoms with Gasteiger partial charge in [0.25, 0.3) is 0 Å². The van der Waals surface area contributed by atoms with Crippen LogP contribution in [0.1, 0.15) is 43.4 Å². The van der Waals surface area contributed by atoms with Crippen molar-refractivity contribution in [3.63, 3.8) is 0 Å². The Balaban J connectivity index is 0.00000205. The van der Waals surface area contributed by atoms with Crippen LogP contribution in [0.25, 0.3) is 0 Å². The van der Waals surface area contributed by atoms with Gasteiger partial charge in [0.1, 0.15) is 12.8 Å². The molecule has 0 N–H and O–H groups in total. The van der Waals surface area contributed by atoms with Gasteiger partial charge in [0, 0.05) is 62.5 Å². The van der Waals surface area contributed by atoms with Gasteiger partial charge in [-0.05, 0) is 6.07 Å². The molecule has 0 bridgehead atoms. The predicted molar refractivity (Wildman–Crippen MR) is 105 cm³/mol. The summed E-state index contributed by atoms with van der Waals surface area (Å²) in [5.41, 5.74) is 2.97. The third-order valence-electron chi connectivity index (χ3n) is 6.21. The van der Waals surface area contributed by atoms with E-state index in [1.807, 2.05) is 22.6 Å². The number of nitrogens with zero attached hydrogens (tertiary/aromatic N) is 4. The van der Waals surface area contributed by atoms with Crippen LogP contribution in [0.2, 0.25) is 0 Å². The van der Waals surface area contributed by atoms with Crippen molar-refractivity contribution in [2.75, 3.05) is 13.1 Å². The molecule has 6 nitrogen and oxygen atoms in total. The van der Waals surface area contributed by atoms with E-state index in [-0.39, 0.29) is 35.9 Å². The van der Waals surface area contributed by atoms with Gasteiger partial charge in [-0.1, -0.05) is 18.2 Å². The standard InChI is InChI=1S/C22H25N4O2.HI/c1-16(27)25-13-9-22(10-14-25)26-20(18-5-3-4-6-21(18)28-22)15-19(23-26)17-7-11-24(2)12-8-17;/h3-8,11-12,20H,9-10,13-15H2,1-2H3;1H/q+1;/p-1. The number of likely N-dealkylation sites (tertiary alicyclic amines) is 1. The lowest BCUT2D eigenvalue weighted by Gasteiger charge is -2.51. The summed E-state index contributed by atoms with van der Waals surface area (Å²) in [4.78, 5) is 13.7. The minimum Gasteiger partial charge on any atom is -1.00 e. The van der Waals surface area contributed by atoms with Gasteiger partial charge in [-0.15, -0.1) is 0 Å². The predicted octanol–water partition coefficient (Wildman–Crippen LogP) is -0.603. The molecule has 3 aliphatic rings. The zero-order valence-corrected chi connectivity index (χ0v) is 18.9. The normalized spacial score (nSPS) is 21.6. The van der Waals surface area contributed by atoms with E-state index >= 15 is 0 Å². The quantitative estimate of drug-likeness (QED) is 0.385. The van der Waals surface area contributed by atoms with Gasteiger partial charge >= 0.3 is 0 Å². The zero-order chi connectivity index (χ0) is 19.3. The summed E-state index contributed by atoms with van der Waals surface area (Å²) < 4.78 is 8.61. The van der Waals surface area contributed by atoms with Crippen molar-refractivity contribution >= 4 is 11.6 Å². The van der Waals surface area contributed by atoms with Crippen molar-refractivity contribution in [1.29, 1.82) is 0 Å². The van der Waals surface area contributed by atoms with E-state index in [2.05, 4.69) is 47.7 Å². The molecule has 3 aliphatic heterocycles. The first kappa shape index (κ1) is 20.1. The fourth-order valence-corrected chi connectivity index (χ4v) is 4.60. The van der Waals surface area contributed by atoms with Gasteiger partial charge in [0.2, 0.25) is 11.6 Å². The third-order valence-corrected chi connectivity index (χ3v) is 6.21. The first-order chi connectivity index (χ1) is 13.6.